The Labute approximate surface area is 161 Å². The van der Waals surface area contributed by atoms with Gasteiger partial charge in [-0.25, -0.2) is 8.42 Å². The minimum absolute atomic E-state index is 0.0676. The summed E-state index contributed by atoms with van der Waals surface area (Å²) in [6.07, 6.45) is 5.54. The summed E-state index contributed by atoms with van der Waals surface area (Å²) in [4.78, 5) is 18.0. The normalized spacial score (nSPS) is 11.6. The number of carbonyl (C=O) groups is 1. The first kappa shape index (κ1) is 21.1. The van der Waals surface area contributed by atoms with Crippen molar-refractivity contribution in [3.8, 4) is 0 Å². The van der Waals surface area contributed by atoms with E-state index in [-0.39, 0.29) is 25.4 Å². The van der Waals surface area contributed by atoms with E-state index in [2.05, 4.69) is 4.98 Å². The number of pyridine rings is 1. The lowest BCUT2D eigenvalue weighted by atomic mass is 10.1. The highest BCUT2D eigenvalue weighted by atomic mass is 32.2. The molecule has 1 amide bonds. The van der Waals surface area contributed by atoms with E-state index in [1.165, 1.54) is 10.6 Å². The Kier molecular flexibility index (Phi) is 7.50. The molecule has 6 nitrogen and oxygen atoms in total. The van der Waals surface area contributed by atoms with Gasteiger partial charge in [0.25, 0.3) is 0 Å². The molecule has 0 saturated carbocycles. The van der Waals surface area contributed by atoms with E-state index >= 15 is 0 Å². The molecule has 0 N–H and O–H groups in total. The first-order valence-corrected chi connectivity index (χ1v) is 10.7. The molecule has 27 heavy (non-hydrogen) atoms. The molecule has 1 heterocycles. The largest absolute Gasteiger partial charge is 0.345 e. The molecule has 1 aromatic heterocycles. The Morgan fingerprint density at radius 2 is 1.78 bits per heavy atom. The van der Waals surface area contributed by atoms with Gasteiger partial charge in [-0.3, -0.25) is 9.78 Å². The predicted molar refractivity (Wildman–Crippen MR) is 107 cm³/mol. The summed E-state index contributed by atoms with van der Waals surface area (Å²) >= 11 is 0. The number of sulfonamides is 1. The summed E-state index contributed by atoms with van der Waals surface area (Å²) in [7, 11) is -1.65. The summed E-state index contributed by atoms with van der Waals surface area (Å²) in [5.74, 6) is -0.0676. The van der Waals surface area contributed by atoms with Crippen molar-refractivity contribution in [1.29, 1.82) is 0 Å². The van der Waals surface area contributed by atoms with Crippen LogP contribution in [0.3, 0.4) is 0 Å². The van der Waals surface area contributed by atoms with E-state index in [9.17, 15) is 13.2 Å². The Morgan fingerprint density at radius 3 is 2.41 bits per heavy atom. The number of nitrogens with zero attached hydrogens (tertiary/aromatic N) is 3. The summed E-state index contributed by atoms with van der Waals surface area (Å²) in [5, 5.41) is 0. The number of amides is 1. The summed E-state index contributed by atoms with van der Waals surface area (Å²) < 4.78 is 25.6. The molecule has 0 atom stereocenters. The van der Waals surface area contributed by atoms with Crippen molar-refractivity contribution < 1.29 is 13.2 Å². The van der Waals surface area contributed by atoms with Gasteiger partial charge in [0.2, 0.25) is 15.9 Å². The fourth-order valence-corrected chi connectivity index (χ4v) is 3.56. The fourth-order valence-electron chi connectivity index (χ4n) is 2.76. The van der Waals surface area contributed by atoms with E-state index in [1.807, 2.05) is 43.3 Å². The number of hydrogen-bond acceptors (Lipinski definition) is 4. The van der Waals surface area contributed by atoms with Crippen LogP contribution < -0.4 is 0 Å². The summed E-state index contributed by atoms with van der Waals surface area (Å²) in [6.45, 7) is 2.99. The minimum atomic E-state index is -3.40. The van der Waals surface area contributed by atoms with Crippen LogP contribution in [0.15, 0.2) is 48.8 Å². The maximum Gasteiger partial charge on any atom is 0.223 e. The van der Waals surface area contributed by atoms with Crippen molar-refractivity contribution >= 4 is 15.9 Å². The molecule has 0 radical (unpaired) electrons. The van der Waals surface area contributed by atoms with Gasteiger partial charge < -0.3 is 4.90 Å². The maximum atomic E-state index is 12.4. The molecule has 1 aromatic carbocycles. The zero-order valence-electron chi connectivity index (χ0n) is 16.1. The quantitative estimate of drug-likeness (QED) is 0.659. The second-order valence-electron chi connectivity index (χ2n) is 6.76. The lowest BCUT2D eigenvalue weighted by molar-refractivity contribution is -0.130. The maximum absolute atomic E-state index is 12.4. The highest BCUT2D eigenvalue weighted by Gasteiger charge is 2.19. The van der Waals surface area contributed by atoms with E-state index in [4.69, 9.17) is 0 Å². The zero-order valence-corrected chi connectivity index (χ0v) is 16.9. The van der Waals surface area contributed by atoms with E-state index in [0.29, 0.717) is 6.54 Å². The third-order valence-electron chi connectivity index (χ3n) is 4.40. The SMILES string of the molecule is Cc1cccc(CN(CCC(=O)N(C)CCc2ccncc2)S(C)(=O)=O)c1. The van der Waals surface area contributed by atoms with Crippen LogP contribution in [-0.2, 0) is 27.8 Å². The minimum Gasteiger partial charge on any atom is -0.345 e. The van der Waals surface area contributed by atoms with Gasteiger partial charge in [-0.1, -0.05) is 29.8 Å². The molecule has 7 heteroatoms. The van der Waals surface area contributed by atoms with Gasteiger partial charge in [0.15, 0.2) is 0 Å². The van der Waals surface area contributed by atoms with Gasteiger partial charge in [-0.2, -0.15) is 4.31 Å². The van der Waals surface area contributed by atoms with Crippen LogP contribution in [-0.4, -0.2) is 54.9 Å². The number of benzene rings is 1. The standard InChI is InChI=1S/C20H27N3O3S/c1-17-5-4-6-19(15-17)16-23(27(3,25)26)14-10-20(24)22(2)13-9-18-7-11-21-12-8-18/h4-8,11-12,15H,9-10,13-14,16H2,1-3H3. The second kappa shape index (κ2) is 9.62. The molecule has 2 rings (SSSR count). The number of aromatic nitrogens is 1. The van der Waals surface area contributed by atoms with Crippen LogP contribution in [0.1, 0.15) is 23.1 Å². The van der Waals surface area contributed by atoms with Gasteiger partial charge in [0.1, 0.15) is 0 Å². The van der Waals surface area contributed by atoms with Crippen molar-refractivity contribution in [2.24, 2.45) is 0 Å². The van der Waals surface area contributed by atoms with Crippen LogP contribution in [0.5, 0.6) is 0 Å². The lowest BCUT2D eigenvalue weighted by Gasteiger charge is -2.22. The Morgan fingerprint density at radius 1 is 1.07 bits per heavy atom. The first-order chi connectivity index (χ1) is 12.8. The van der Waals surface area contributed by atoms with Gasteiger partial charge in [-0.15, -0.1) is 0 Å². The molecule has 0 aliphatic carbocycles. The molecule has 146 valence electrons. The van der Waals surface area contributed by atoms with Crippen molar-refractivity contribution in [2.45, 2.75) is 26.3 Å². The first-order valence-electron chi connectivity index (χ1n) is 8.89. The van der Waals surface area contributed by atoms with Crippen molar-refractivity contribution in [2.75, 3.05) is 26.4 Å². The van der Waals surface area contributed by atoms with Crippen LogP contribution in [0.4, 0.5) is 0 Å². The molecule has 2 aromatic rings. The second-order valence-corrected chi connectivity index (χ2v) is 8.74. The van der Waals surface area contributed by atoms with Crippen molar-refractivity contribution in [3.05, 3.63) is 65.5 Å². The average Bonchev–Trinajstić information content (AvgIpc) is 2.62. The van der Waals surface area contributed by atoms with E-state index in [0.717, 1.165) is 23.1 Å². The molecule has 0 bridgehead atoms. The Hall–Kier alpha value is -2.25. The Balaban J connectivity index is 1.90. The van der Waals surface area contributed by atoms with Gasteiger partial charge >= 0.3 is 0 Å². The van der Waals surface area contributed by atoms with Crippen LogP contribution in [0.25, 0.3) is 0 Å². The van der Waals surface area contributed by atoms with Gasteiger partial charge in [-0.05, 0) is 36.6 Å². The molecule has 0 aliphatic rings. The number of likely N-dealkylation sites (N-methyl/N-ethyl adjacent to an activating group) is 1. The van der Waals surface area contributed by atoms with Crippen LogP contribution >= 0.6 is 0 Å². The predicted octanol–water partition coefficient (Wildman–Crippen LogP) is 2.24. The number of hydrogen-bond donors (Lipinski definition) is 0. The highest BCUT2D eigenvalue weighted by molar-refractivity contribution is 7.88. The Bertz CT molecular complexity index is 854. The summed E-state index contributed by atoms with van der Waals surface area (Å²) in [5.41, 5.74) is 3.11. The highest BCUT2D eigenvalue weighted by Crippen LogP contribution is 2.11. The molecule has 0 aliphatic heterocycles. The lowest BCUT2D eigenvalue weighted by Crippen LogP contribution is -2.35. The van der Waals surface area contributed by atoms with E-state index in [1.54, 1.807) is 24.3 Å². The van der Waals surface area contributed by atoms with Gasteiger partial charge in [0, 0.05) is 45.5 Å². The summed E-state index contributed by atoms with van der Waals surface area (Å²) in [6, 6.07) is 11.6. The third-order valence-corrected chi connectivity index (χ3v) is 5.65. The number of aryl methyl sites for hydroxylation is 1. The van der Waals surface area contributed by atoms with Crippen molar-refractivity contribution in [1.82, 2.24) is 14.2 Å². The number of carbonyl (C=O) groups excluding carboxylic acids is 1. The zero-order chi connectivity index (χ0) is 19.9. The van der Waals surface area contributed by atoms with Crippen LogP contribution in [0, 0.1) is 6.92 Å². The molecule has 0 unspecified atom stereocenters. The molecular weight excluding hydrogens is 362 g/mol. The fraction of sp³-hybridized carbons (Fsp3) is 0.400. The van der Waals surface area contributed by atoms with Crippen molar-refractivity contribution in [3.63, 3.8) is 0 Å². The smallest absolute Gasteiger partial charge is 0.223 e. The molecule has 0 saturated heterocycles. The van der Waals surface area contributed by atoms with Gasteiger partial charge in [0.05, 0.1) is 6.26 Å². The molecule has 0 fully saturated rings. The van der Waals surface area contributed by atoms with E-state index < -0.39 is 10.0 Å². The topological polar surface area (TPSA) is 70.6 Å². The number of rotatable bonds is 9. The van der Waals surface area contributed by atoms with Crippen LogP contribution in [0.2, 0.25) is 0 Å². The molecular formula is C20H27N3O3S. The monoisotopic (exact) mass is 389 g/mol. The third kappa shape index (κ3) is 7.11. The average molecular weight is 390 g/mol. The molecule has 0 spiro atoms.